The molecule has 0 saturated carbocycles. The smallest absolute Gasteiger partial charge is 0.231 e. The molecule has 1 aliphatic heterocycles. The third-order valence-electron chi connectivity index (χ3n) is 0.600. The second-order valence-electron chi connectivity index (χ2n) is 1.16. The van der Waals surface area contributed by atoms with Gasteiger partial charge in [-0.1, -0.05) is 0 Å². The van der Waals surface area contributed by atoms with Crippen LogP contribution in [0.5, 0.6) is 0 Å². The van der Waals surface area contributed by atoms with Crippen molar-refractivity contribution in [2.75, 3.05) is 6.54 Å². The average Bonchev–Trinajstić information content (AvgIpc) is 1.84. The lowest BCUT2D eigenvalue weighted by atomic mass is 10.8. The van der Waals surface area contributed by atoms with Crippen molar-refractivity contribution in [3.8, 4) is 0 Å². The van der Waals surface area contributed by atoms with Crippen LogP contribution in [0.15, 0.2) is 4.99 Å². The van der Waals surface area contributed by atoms with Crippen LogP contribution in [0.2, 0.25) is 0 Å². The molecule has 7 heavy (non-hydrogen) atoms. The van der Waals surface area contributed by atoms with E-state index in [1.807, 2.05) is 0 Å². The topological polar surface area (TPSA) is 24.4 Å². The van der Waals surface area contributed by atoms with E-state index in [0.717, 1.165) is 0 Å². The number of hydrogen-bond donors (Lipinski definition) is 1. The second-order valence-corrected chi connectivity index (χ2v) is 1.16. The Morgan fingerprint density at radius 2 is 2.43 bits per heavy atom. The zero-order chi connectivity index (χ0) is 5.33. The van der Waals surface area contributed by atoms with Gasteiger partial charge in [0.25, 0.3) is 0 Å². The van der Waals surface area contributed by atoms with E-state index in [1.165, 1.54) is 0 Å². The van der Waals surface area contributed by atoms with E-state index < -0.39 is 6.17 Å². The third-order valence-corrected chi connectivity index (χ3v) is 0.600. The Morgan fingerprint density at radius 1 is 1.71 bits per heavy atom. The van der Waals surface area contributed by atoms with Gasteiger partial charge in [-0.05, 0) is 0 Å². The van der Waals surface area contributed by atoms with Gasteiger partial charge in [0.15, 0.2) is 0 Å². The largest absolute Gasteiger partial charge is 0.406 e. The molecule has 1 rings (SSSR count). The first kappa shape index (κ1) is 4.64. The first-order valence-electron chi connectivity index (χ1n) is 1.78. The first-order valence-corrected chi connectivity index (χ1v) is 1.78. The van der Waals surface area contributed by atoms with Gasteiger partial charge in [0.1, 0.15) is 0 Å². The molecule has 1 aliphatic rings. The fourth-order valence-electron chi connectivity index (χ4n) is 0.324. The molecule has 0 fully saturated rings. The Bertz CT molecular complexity index is 99.1. The van der Waals surface area contributed by atoms with E-state index in [2.05, 4.69) is 11.2 Å². The van der Waals surface area contributed by atoms with Crippen LogP contribution >= 0.6 is 0 Å². The maximum absolute atomic E-state index is 11.6. The predicted molar refractivity (Wildman–Crippen MR) is 20.4 cm³/mol. The Hall–Kier alpha value is -0.510. The van der Waals surface area contributed by atoms with Gasteiger partial charge in [0, 0.05) is 6.54 Å². The first-order chi connectivity index (χ1) is 3.21. The average molecular weight is 105 g/mol. The number of alkyl halides is 2. The van der Waals surface area contributed by atoms with E-state index in [4.69, 9.17) is 0 Å². The van der Waals surface area contributed by atoms with Gasteiger partial charge in [0.2, 0.25) is 0 Å². The molecule has 2 nitrogen and oxygen atoms in total. The van der Waals surface area contributed by atoms with Crippen molar-refractivity contribution in [3.63, 3.8) is 0 Å². The number of nitrogens with one attached hydrogen (secondary N) is 1. The minimum Gasteiger partial charge on any atom is -0.231 e. The summed E-state index contributed by atoms with van der Waals surface area (Å²) in [6.45, 7) is 0.0486. The minimum atomic E-state index is -3.04. The van der Waals surface area contributed by atoms with E-state index in [0.29, 0.717) is 0 Å². The Labute approximate surface area is 39.2 Å². The van der Waals surface area contributed by atoms with Gasteiger partial charge in [-0.3, -0.25) is 0 Å². The maximum Gasteiger partial charge on any atom is 0.406 e. The number of aliphatic imine (C=N–C) groups is 1. The second kappa shape index (κ2) is 1.23. The number of rotatable bonds is 0. The molecule has 0 aromatic heterocycles. The predicted octanol–water partition coefficient (Wildman–Crippen LogP) is 0.0877. The highest BCUT2D eigenvalue weighted by atomic mass is 19.3. The molecule has 0 aliphatic carbocycles. The van der Waals surface area contributed by atoms with Crippen molar-refractivity contribution in [3.05, 3.63) is 0 Å². The molecule has 0 aromatic rings. The molecule has 39 valence electrons. The standard InChI is InChI=1S/C3H3F2N2/c4-3(5)6-1-2-7-3/h6H,1H2. The molecule has 4 heteroatoms. The highest BCUT2D eigenvalue weighted by Crippen LogP contribution is 2.11. The number of nitrogens with zero attached hydrogens (tertiary/aromatic N) is 1. The monoisotopic (exact) mass is 105 g/mol. The molecule has 0 amide bonds. The van der Waals surface area contributed by atoms with Gasteiger partial charge in [-0.2, -0.15) is 8.78 Å². The molecular weight excluding hydrogens is 102 g/mol. The summed E-state index contributed by atoms with van der Waals surface area (Å²) in [7, 11) is 0. The fourth-order valence-corrected chi connectivity index (χ4v) is 0.324. The van der Waals surface area contributed by atoms with E-state index >= 15 is 0 Å². The summed E-state index contributed by atoms with van der Waals surface area (Å²) < 4.78 is 23.2. The lowest BCUT2D eigenvalue weighted by molar-refractivity contribution is -0.0113. The molecule has 0 spiro atoms. The fraction of sp³-hybridized carbons (Fsp3) is 0.667. The highest BCUT2D eigenvalue weighted by molar-refractivity contribution is 5.62. The van der Waals surface area contributed by atoms with Crippen LogP contribution in [-0.4, -0.2) is 18.9 Å². The van der Waals surface area contributed by atoms with E-state index in [9.17, 15) is 8.78 Å². The number of hydrogen-bond acceptors (Lipinski definition) is 2. The summed E-state index contributed by atoms with van der Waals surface area (Å²) in [5.41, 5.74) is 0. The molecule has 0 atom stereocenters. The normalized spacial score (nSPS) is 26.0. The lowest BCUT2D eigenvalue weighted by Crippen LogP contribution is -2.28. The van der Waals surface area contributed by atoms with Crippen LogP contribution < -0.4 is 5.32 Å². The highest BCUT2D eigenvalue weighted by Gasteiger charge is 2.29. The van der Waals surface area contributed by atoms with Gasteiger partial charge in [-0.25, -0.2) is 10.3 Å². The Kier molecular flexibility index (Phi) is 0.815. The molecule has 0 aromatic carbocycles. The SMILES string of the molecule is FC1(F)N=[C]CN1. The Morgan fingerprint density at radius 3 is 2.57 bits per heavy atom. The van der Waals surface area contributed by atoms with Crippen LogP contribution in [0, 0.1) is 0 Å². The summed E-state index contributed by atoms with van der Waals surface area (Å²) >= 11 is 0. The van der Waals surface area contributed by atoms with Gasteiger partial charge < -0.3 is 0 Å². The summed E-state index contributed by atoms with van der Waals surface area (Å²) in [5, 5.41) is 1.78. The maximum atomic E-state index is 11.6. The van der Waals surface area contributed by atoms with Crippen LogP contribution in [0.4, 0.5) is 8.78 Å². The molecular formula is C3H3F2N2. The van der Waals surface area contributed by atoms with Crippen molar-refractivity contribution in [1.29, 1.82) is 0 Å². The van der Waals surface area contributed by atoms with Crippen molar-refractivity contribution in [2.45, 2.75) is 6.17 Å². The quantitative estimate of drug-likeness (QED) is 0.434. The lowest BCUT2D eigenvalue weighted by Gasteiger charge is -2.01. The van der Waals surface area contributed by atoms with E-state index in [1.54, 1.807) is 5.32 Å². The van der Waals surface area contributed by atoms with Gasteiger partial charge in [0.05, 0.1) is 6.21 Å². The molecule has 1 radical (unpaired) electrons. The third kappa shape index (κ3) is 0.928. The van der Waals surface area contributed by atoms with E-state index in [-0.39, 0.29) is 6.54 Å². The van der Waals surface area contributed by atoms with Crippen molar-refractivity contribution in [1.82, 2.24) is 5.32 Å². The molecule has 0 saturated heterocycles. The summed E-state index contributed by atoms with van der Waals surface area (Å²) in [6, 6.07) is 0. The van der Waals surface area contributed by atoms with Crippen molar-refractivity contribution in [2.24, 2.45) is 4.99 Å². The Balaban J connectivity index is 2.57. The zero-order valence-electron chi connectivity index (χ0n) is 3.41. The van der Waals surface area contributed by atoms with Crippen molar-refractivity contribution < 1.29 is 8.78 Å². The molecule has 0 unspecified atom stereocenters. The van der Waals surface area contributed by atoms with Gasteiger partial charge >= 0.3 is 6.17 Å². The van der Waals surface area contributed by atoms with Gasteiger partial charge in [-0.15, -0.1) is 0 Å². The number of halogens is 2. The molecule has 1 N–H and O–H groups in total. The zero-order valence-corrected chi connectivity index (χ0v) is 3.41. The summed E-state index contributed by atoms with van der Waals surface area (Å²) in [6.07, 6.45) is -0.965. The minimum absolute atomic E-state index is 0.0486. The van der Waals surface area contributed by atoms with Crippen LogP contribution in [0.25, 0.3) is 0 Å². The summed E-state index contributed by atoms with van der Waals surface area (Å²) in [4.78, 5) is 2.67. The summed E-state index contributed by atoms with van der Waals surface area (Å²) in [5.74, 6) is 0. The van der Waals surface area contributed by atoms with Crippen LogP contribution in [-0.2, 0) is 0 Å². The molecule has 0 bridgehead atoms. The van der Waals surface area contributed by atoms with Crippen LogP contribution in [0.1, 0.15) is 0 Å². The molecule has 1 heterocycles. The van der Waals surface area contributed by atoms with Crippen molar-refractivity contribution >= 4 is 6.21 Å². The van der Waals surface area contributed by atoms with Crippen LogP contribution in [0.3, 0.4) is 0 Å².